The van der Waals surface area contributed by atoms with Crippen LogP contribution >= 0.6 is 0 Å². The fourth-order valence-electron chi connectivity index (χ4n) is 3.94. The second-order valence-electron chi connectivity index (χ2n) is 7.97. The van der Waals surface area contributed by atoms with Crippen LogP contribution in [0.15, 0.2) is 48.5 Å². The average Bonchev–Trinajstić information content (AvgIpc) is 3.10. The number of methoxy groups -OCH3 is 1. The summed E-state index contributed by atoms with van der Waals surface area (Å²) in [7, 11) is -1.72. The largest absolute Gasteiger partial charge is 0.497 e. The van der Waals surface area contributed by atoms with Crippen molar-refractivity contribution >= 4 is 15.7 Å². The topological polar surface area (TPSA) is 76.1 Å². The Morgan fingerprint density at radius 3 is 2.42 bits per heavy atom. The molecule has 7 heteroatoms. The summed E-state index contributed by atoms with van der Waals surface area (Å²) in [5.74, 6) is 0.891. The van der Waals surface area contributed by atoms with Crippen molar-refractivity contribution in [3.63, 3.8) is 0 Å². The summed E-state index contributed by atoms with van der Waals surface area (Å²) in [5, 5.41) is 9.57. The average molecular weight is 448 g/mol. The highest BCUT2D eigenvalue weighted by atomic mass is 32.2. The van der Waals surface area contributed by atoms with Gasteiger partial charge in [-0.1, -0.05) is 50.5 Å². The van der Waals surface area contributed by atoms with Crippen molar-refractivity contribution in [2.45, 2.75) is 57.8 Å². The fourth-order valence-corrected chi connectivity index (χ4v) is 5.78. The maximum Gasteiger partial charge on any atom is 0.235 e. The van der Waals surface area contributed by atoms with E-state index in [0.29, 0.717) is 18.7 Å². The zero-order chi connectivity index (χ0) is 22.3. The molecule has 0 aromatic heterocycles. The van der Waals surface area contributed by atoms with Crippen LogP contribution in [0.1, 0.15) is 56.3 Å². The number of benzene rings is 2. The van der Waals surface area contributed by atoms with Gasteiger partial charge >= 0.3 is 0 Å². The van der Waals surface area contributed by atoms with Crippen LogP contribution in [0.2, 0.25) is 0 Å². The molecule has 31 heavy (non-hydrogen) atoms. The first-order chi connectivity index (χ1) is 15.0. The lowest BCUT2D eigenvalue weighted by molar-refractivity contribution is 0.0322. The minimum atomic E-state index is -3.37. The van der Waals surface area contributed by atoms with E-state index in [0.717, 1.165) is 42.6 Å². The number of unbranched alkanes of at least 4 members (excludes halogenated alkanes) is 2. The van der Waals surface area contributed by atoms with Crippen molar-refractivity contribution < 1.29 is 23.0 Å². The van der Waals surface area contributed by atoms with Crippen molar-refractivity contribution in [1.29, 1.82) is 0 Å². The van der Waals surface area contributed by atoms with E-state index in [1.807, 2.05) is 48.5 Å². The zero-order valence-corrected chi connectivity index (χ0v) is 19.2. The number of aliphatic hydroxyl groups is 1. The summed E-state index contributed by atoms with van der Waals surface area (Å²) >= 11 is 0. The number of rotatable bonds is 11. The molecule has 1 saturated heterocycles. The first-order valence-electron chi connectivity index (χ1n) is 11.0. The highest BCUT2D eigenvalue weighted by Crippen LogP contribution is 2.32. The molecule has 1 aliphatic heterocycles. The molecule has 6 nitrogen and oxygen atoms in total. The number of anilines is 1. The third-order valence-electron chi connectivity index (χ3n) is 5.75. The van der Waals surface area contributed by atoms with Gasteiger partial charge in [0.25, 0.3) is 0 Å². The zero-order valence-electron chi connectivity index (χ0n) is 18.4. The number of sulfonamides is 1. The molecule has 0 aliphatic carbocycles. The lowest BCUT2D eigenvalue weighted by atomic mass is 10.0. The van der Waals surface area contributed by atoms with Gasteiger partial charge in [0, 0.05) is 0 Å². The van der Waals surface area contributed by atoms with E-state index in [-0.39, 0.29) is 24.5 Å². The third-order valence-corrected chi connectivity index (χ3v) is 7.61. The van der Waals surface area contributed by atoms with Crippen LogP contribution in [0.25, 0.3) is 0 Å². The molecular formula is C24H33NO5S. The molecule has 2 aromatic rings. The molecule has 0 spiro atoms. The van der Waals surface area contributed by atoms with E-state index in [2.05, 4.69) is 6.92 Å². The lowest BCUT2D eigenvalue weighted by Crippen LogP contribution is -2.35. The number of hydrogen-bond donors (Lipinski definition) is 1. The second-order valence-corrected chi connectivity index (χ2v) is 9.94. The molecule has 1 N–H and O–H groups in total. The van der Waals surface area contributed by atoms with Crippen LogP contribution in [0.4, 0.5) is 5.69 Å². The van der Waals surface area contributed by atoms with E-state index < -0.39 is 10.0 Å². The molecule has 1 fully saturated rings. The van der Waals surface area contributed by atoms with Gasteiger partial charge < -0.3 is 14.6 Å². The van der Waals surface area contributed by atoms with E-state index >= 15 is 0 Å². The summed E-state index contributed by atoms with van der Waals surface area (Å²) in [6.45, 7) is 2.50. The van der Waals surface area contributed by atoms with Crippen molar-refractivity contribution in [2.24, 2.45) is 0 Å². The van der Waals surface area contributed by atoms with Crippen LogP contribution < -0.4 is 9.04 Å². The third kappa shape index (κ3) is 5.99. The van der Waals surface area contributed by atoms with Gasteiger partial charge in [-0.2, -0.15) is 0 Å². The summed E-state index contributed by atoms with van der Waals surface area (Å²) < 4.78 is 37.7. The predicted octanol–water partition coefficient (Wildman–Crippen LogP) is 4.43. The Hall–Kier alpha value is -2.09. The molecule has 0 bridgehead atoms. The quantitative estimate of drug-likeness (QED) is 0.516. The summed E-state index contributed by atoms with van der Waals surface area (Å²) in [6.07, 6.45) is 4.64. The maximum atomic E-state index is 12.4. The van der Waals surface area contributed by atoms with Crippen molar-refractivity contribution in [3.05, 3.63) is 59.7 Å². The van der Waals surface area contributed by atoms with E-state index in [1.165, 1.54) is 4.31 Å². The van der Waals surface area contributed by atoms with Gasteiger partial charge in [-0.3, -0.25) is 4.31 Å². The van der Waals surface area contributed by atoms with Gasteiger partial charge in [-0.15, -0.1) is 0 Å². The SMILES string of the molecule is CCCCCC(OCc1ccc(OC)cc1)c1ccc(N2C(CO)CCS2(=O)=O)cc1. The lowest BCUT2D eigenvalue weighted by Gasteiger charge is -2.25. The number of nitrogens with zero attached hydrogens (tertiary/aromatic N) is 1. The minimum Gasteiger partial charge on any atom is -0.497 e. The van der Waals surface area contributed by atoms with Gasteiger partial charge in [0.1, 0.15) is 5.75 Å². The summed E-state index contributed by atoms with van der Waals surface area (Å²) in [5.41, 5.74) is 2.71. The van der Waals surface area contributed by atoms with Crippen molar-refractivity contribution in [3.8, 4) is 5.75 Å². The minimum absolute atomic E-state index is 0.0634. The normalized spacial score (nSPS) is 18.8. The number of aliphatic hydroxyl groups excluding tert-OH is 1. The second kappa shape index (κ2) is 11.0. The molecule has 1 aliphatic rings. The highest BCUT2D eigenvalue weighted by Gasteiger charge is 2.37. The monoisotopic (exact) mass is 447 g/mol. The number of ether oxygens (including phenoxy) is 2. The Balaban J connectivity index is 1.73. The Labute approximate surface area is 185 Å². The van der Waals surface area contributed by atoms with Crippen LogP contribution in [0.5, 0.6) is 5.75 Å². The fraction of sp³-hybridized carbons (Fsp3) is 0.500. The van der Waals surface area contributed by atoms with E-state index in [9.17, 15) is 13.5 Å². The van der Waals surface area contributed by atoms with E-state index in [1.54, 1.807) is 7.11 Å². The maximum absolute atomic E-state index is 12.4. The molecule has 2 unspecified atom stereocenters. The van der Waals surface area contributed by atoms with E-state index in [4.69, 9.17) is 9.47 Å². The Morgan fingerprint density at radius 2 is 1.81 bits per heavy atom. The molecule has 0 amide bonds. The van der Waals surface area contributed by atoms with Crippen molar-refractivity contribution in [1.82, 2.24) is 0 Å². The number of hydrogen-bond acceptors (Lipinski definition) is 5. The van der Waals surface area contributed by atoms with Gasteiger partial charge in [-0.25, -0.2) is 8.42 Å². The summed E-state index contributed by atoms with van der Waals surface area (Å²) in [6, 6.07) is 15.0. The van der Waals surface area contributed by atoms with Crippen LogP contribution in [0, 0.1) is 0 Å². The molecule has 0 saturated carbocycles. The first-order valence-corrected chi connectivity index (χ1v) is 12.6. The van der Waals surface area contributed by atoms with Gasteiger partial charge in [0.15, 0.2) is 0 Å². The summed E-state index contributed by atoms with van der Waals surface area (Å²) in [4.78, 5) is 0. The Bertz CT molecular complexity index is 912. The molecular weight excluding hydrogens is 414 g/mol. The molecule has 0 radical (unpaired) electrons. The van der Waals surface area contributed by atoms with Gasteiger partial charge in [0.05, 0.1) is 43.9 Å². The van der Waals surface area contributed by atoms with Crippen LogP contribution in [-0.2, 0) is 21.4 Å². The molecule has 2 atom stereocenters. The van der Waals surface area contributed by atoms with Gasteiger partial charge in [0.2, 0.25) is 10.0 Å². The smallest absolute Gasteiger partial charge is 0.235 e. The Morgan fingerprint density at radius 1 is 1.10 bits per heavy atom. The predicted molar refractivity (Wildman–Crippen MR) is 123 cm³/mol. The first kappa shape index (κ1) is 23.6. The van der Waals surface area contributed by atoms with Gasteiger partial charge in [-0.05, 0) is 48.2 Å². The molecule has 170 valence electrons. The Kier molecular flexibility index (Phi) is 8.35. The van der Waals surface area contributed by atoms with Crippen molar-refractivity contribution in [2.75, 3.05) is 23.8 Å². The van der Waals surface area contributed by atoms with Crippen LogP contribution in [-0.4, -0.2) is 39.0 Å². The molecule has 3 rings (SSSR count). The van der Waals surface area contributed by atoms with Crippen LogP contribution in [0.3, 0.4) is 0 Å². The molecule has 2 aromatic carbocycles. The highest BCUT2D eigenvalue weighted by molar-refractivity contribution is 7.93. The standard InChI is InChI=1S/C24H33NO5S/c1-3-4-5-6-24(30-18-19-7-13-23(29-2)14-8-19)20-9-11-21(12-10-20)25-22(17-26)15-16-31(25,27)28/h7-14,22,24,26H,3-6,15-18H2,1-2H3. The molecule has 1 heterocycles.